The zero-order chi connectivity index (χ0) is 17.9. The van der Waals surface area contributed by atoms with E-state index >= 15 is 0 Å². The van der Waals surface area contributed by atoms with Crippen LogP contribution in [0.25, 0.3) is 0 Å². The number of nitrogens with one attached hydrogen (secondary N) is 3. The molecule has 0 radical (unpaired) electrons. The Kier molecular flexibility index (Phi) is 6.03. The average Bonchev–Trinajstić information content (AvgIpc) is 2.51. The molecular weight excluding hydrogens is 358 g/mol. The molecule has 0 saturated carbocycles. The maximum atomic E-state index is 12.4. The van der Waals surface area contributed by atoms with Gasteiger partial charge in [0.1, 0.15) is 12.1 Å². The number of rotatable bonds is 4. The fourth-order valence-corrected chi connectivity index (χ4v) is 3.07. The van der Waals surface area contributed by atoms with Gasteiger partial charge in [-0.15, -0.1) is 11.8 Å². The molecule has 130 valence electrons. The van der Waals surface area contributed by atoms with Gasteiger partial charge < -0.3 is 15.7 Å². The molecule has 24 heavy (non-hydrogen) atoms. The molecule has 2 rings (SSSR count). The van der Waals surface area contributed by atoms with E-state index in [4.69, 9.17) is 11.6 Å². The highest BCUT2D eigenvalue weighted by Gasteiger charge is 2.30. The summed E-state index contributed by atoms with van der Waals surface area (Å²) in [5, 5.41) is 16.4. The first-order chi connectivity index (χ1) is 11.3. The van der Waals surface area contributed by atoms with E-state index in [0.717, 1.165) is 0 Å². The number of imide groups is 1. The molecule has 10 heteroatoms. The van der Waals surface area contributed by atoms with E-state index in [-0.39, 0.29) is 30.1 Å². The van der Waals surface area contributed by atoms with Crippen LogP contribution in [0.5, 0.6) is 0 Å². The van der Waals surface area contributed by atoms with Gasteiger partial charge in [0.15, 0.2) is 0 Å². The Hall–Kier alpha value is -1.84. The van der Waals surface area contributed by atoms with Crippen LogP contribution in [-0.2, 0) is 19.2 Å². The number of amides is 4. The summed E-state index contributed by atoms with van der Waals surface area (Å²) < 4.78 is 0.360. The minimum absolute atomic E-state index is 0.109. The van der Waals surface area contributed by atoms with Gasteiger partial charge in [-0.25, -0.2) is 0 Å². The van der Waals surface area contributed by atoms with Gasteiger partial charge in [-0.2, -0.15) is 0 Å². The topological polar surface area (TPSA) is 125 Å². The molecule has 4 amide bonds. The van der Waals surface area contributed by atoms with Crippen LogP contribution in [0, 0.1) is 0 Å². The Morgan fingerprint density at radius 1 is 1.46 bits per heavy atom. The summed E-state index contributed by atoms with van der Waals surface area (Å²) in [6.45, 7) is 1.30. The number of hydrogen-bond donors (Lipinski definition) is 4. The van der Waals surface area contributed by atoms with Crippen LogP contribution in [0.3, 0.4) is 0 Å². The first kappa shape index (κ1) is 18.5. The number of halogens is 1. The predicted molar refractivity (Wildman–Crippen MR) is 87.6 cm³/mol. The van der Waals surface area contributed by atoms with Gasteiger partial charge in [-0.05, 0) is 19.4 Å². The Morgan fingerprint density at radius 3 is 2.79 bits per heavy atom. The van der Waals surface area contributed by atoms with Crippen LogP contribution < -0.4 is 16.0 Å². The second kappa shape index (κ2) is 7.82. The zero-order valence-electron chi connectivity index (χ0n) is 12.7. The van der Waals surface area contributed by atoms with Gasteiger partial charge in [0.25, 0.3) is 11.8 Å². The monoisotopic (exact) mass is 373 g/mol. The lowest BCUT2D eigenvalue weighted by Gasteiger charge is -2.24. The highest BCUT2D eigenvalue weighted by Crippen LogP contribution is 2.30. The first-order valence-electron chi connectivity index (χ1n) is 7.14. The molecule has 2 aliphatic rings. The van der Waals surface area contributed by atoms with Crippen molar-refractivity contribution in [2.75, 3.05) is 5.75 Å². The summed E-state index contributed by atoms with van der Waals surface area (Å²) in [5.74, 6) is -1.96. The van der Waals surface area contributed by atoms with E-state index in [1.165, 1.54) is 24.8 Å². The molecule has 0 aromatic carbocycles. The number of piperidine rings is 1. The molecule has 1 saturated heterocycles. The van der Waals surface area contributed by atoms with Crippen LogP contribution in [0.2, 0.25) is 0 Å². The SMILES string of the molecule is C[C@H](O)C(=O)NC1=C(C(=O)NC2CCC(=O)NC2=O)C=C(Cl)SC1. The molecular formula is C14H16ClN3O5S. The third-order valence-corrected chi connectivity index (χ3v) is 4.64. The maximum Gasteiger partial charge on any atom is 0.253 e. The van der Waals surface area contributed by atoms with Crippen molar-refractivity contribution in [1.82, 2.24) is 16.0 Å². The highest BCUT2D eigenvalue weighted by atomic mass is 35.5. The maximum absolute atomic E-state index is 12.4. The van der Waals surface area contributed by atoms with Gasteiger partial charge in [0.2, 0.25) is 11.8 Å². The van der Waals surface area contributed by atoms with Crippen molar-refractivity contribution in [2.24, 2.45) is 0 Å². The number of carbonyl (C=O) groups excluding carboxylic acids is 4. The van der Waals surface area contributed by atoms with Crippen LogP contribution in [0.15, 0.2) is 21.7 Å². The molecule has 8 nitrogen and oxygen atoms in total. The smallest absolute Gasteiger partial charge is 0.253 e. The van der Waals surface area contributed by atoms with Gasteiger partial charge in [0.05, 0.1) is 9.94 Å². The summed E-state index contributed by atoms with van der Waals surface area (Å²) in [7, 11) is 0. The van der Waals surface area contributed by atoms with E-state index in [2.05, 4.69) is 16.0 Å². The normalized spacial score (nSPS) is 22.5. The summed E-state index contributed by atoms with van der Waals surface area (Å²) in [6.07, 6.45) is 0.483. The molecule has 0 aliphatic carbocycles. The fraction of sp³-hybridized carbons (Fsp3) is 0.429. The van der Waals surface area contributed by atoms with Crippen LogP contribution in [0.1, 0.15) is 19.8 Å². The zero-order valence-corrected chi connectivity index (χ0v) is 14.3. The molecule has 4 N–H and O–H groups in total. The first-order valence-corrected chi connectivity index (χ1v) is 8.51. The average molecular weight is 374 g/mol. The third kappa shape index (κ3) is 4.59. The molecule has 1 unspecified atom stereocenters. The molecule has 2 atom stereocenters. The number of aliphatic hydroxyl groups is 1. The summed E-state index contributed by atoms with van der Waals surface area (Å²) in [4.78, 5) is 46.9. The number of carbonyl (C=O) groups is 4. The van der Waals surface area contributed by atoms with Crippen molar-refractivity contribution < 1.29 is 24.3 Å². The molecule has 2 heterocycles. The van der Waals surface area contributed by atoms with Crippen LogP contribution in [0.4, 0.5) is 0 Å². The van der Waals surface area contributed by atoms with Crippen LogP contribution in [-0.4, -0.2) is 46.6 Å². The number of aliphatic hydroxyl groups excluding tert-OH is 1. The predicted octanol–water partition coefficient (Wildman–Crippen LogP) is -0.514. The van der Waals surface area contributed by atoms with Crippen molar-refractivity contribution in [3.05, 3.63) is 21.7 Å². The van der Waals surface area contributed by atoms with E-state index in [1.807, 2.05) is 0 Å². The van der Waals surface area contributed by atoms with Crippen molar-refractivity contribution in [3.63, 3.8) is 0 Å². The van der Waals surface area contributed by atoms with Crippen molar-refractivity contribution in [1.29, 1.82) is 0 Å². The van der Waals surface area contributed by atoms with Crippen molar-refractivity contribution in [2.45, 2.75) is 31.9 Å². The molecule has 0 spiro atoms. The van der Waals surface area contributed by atoms with Gasteiger partial charge in [-0.1, -0.05) is 11.6 Å². The van der Waals surface area contributed by atoms with E-state index in [1.54, 1.807) is 0 Å². The van der Waals surface area contributed by atoms with Crippen molar-refractivity contribution >= 4 is 47.0 Å². The minimum atomic E-state index is -1.23. The fourth-order valence-electron chi connectivity index (χ4n) is 2.09. The molecule has 1 fully saturated rings. The van der Waals surface area contributed by atoms with Gasteiger partial charge in [-0.3, -0.25) is 24.5 Å². The lowest BCUT2D eigenvalue weighted by molar-refractivity contribution is -0.136. The Bertz CT molecular complexity index is 659. The van der Waals surface area contributed by atoms with E-state index in [9.17, 15) is 24.3 Å². The third-order valence-electron chi connectivity index (χ3n) is 3.38. The minimum Gasteiger partial charge on any atom is -0.384 e. The van der Waals surface area contributed by atoms with E-state index in [0.29, 0.717) is 10.1 Å². The Morgan fingerprint density at radius 2 is 2.17 bits per heavy atom. The molecule has 0 aromatic heterocycles. The van der Waals surface area contributed by atoms with E-state index < -0.39 is 29.9 Å². The standard InChI is InChI=1S/C14H16ClN3O5S/c1-6(19)12(21)17-9-5-24-10(15)4-7(9)13(22)16-8-2-3-11(20)18-14(8)23/h4,6,8,19H,2-3,5H2,1H3,(H,16,22)(H,17,21)(H,18,20,23)/t6-,8?/m0/s1. The van der Waals surface area contributed by atoms with Crippen molar-refractivity contribution in [3.8, 4) is 0 Å². The van der Waals surface area contributed by atoms with Gasteiger partial charge >= 0.3 is 0 Å². The lowest BCUT2D eigenvalue weighted by atomic mass is 10.1. The number of hydrogen-bond acceptors (Lipinski definition) is 6. The largest absolute Gasteiger partial charge is 0.384 e. The van der Waals surface area contributed by atoms with Gasteiger partial charge in [0, 0.05) is 17.9 Å². The molecule has 0 aromatic rings. The number of thioether (sulfide) groups is 1. The Balaban J connectivity index is 2.16. The lowest BCUT2D eigenvalue weighted by Crippen LogP contribution is -2.52. The highest BCUT2D eigenvalue weighted by molar-refractivity contribution is 8.04. The molecule has 0 bridgehead atoms. The van der Waals surface area contributed by atoms with Crippen LogP contribution >= 0.6 is 23.4 Å². The summed E-state index contributed by atoms with van der Waals surface area (Å²) >= 11 is 7.15. The quantitative estimate of drug-likeness (QED) is 0.492. The molecule has 2 aliphatic heterocycles. The summed E-state index contributed by atoms with van der Waals surface area (Å²) in [5.41, 5.74) is 0.401. The second-order valence-corrected chi connectivity index (χ2v) is 6.92. The summed E-state index contributed by atoms with van der Waals surface area (Å²) in [6, 6.07) is -0.835. The Labute approximate surface area is 147 Å². The second-order valence-electron chi connectivity index (χ2n) is 5.27.